The largest absolute Gasteiger partial charge is 0.394 e. The molecule has 0 spiro atoms. The maximum atomic E-state index is 12.0. The maximum Gasteiger partial charge on any atom is 0.249 e. The van der Waals surface area contributed by atoms with E-state index in [0.29, 0.717) is 28.0 Å². The highest BCUT2D eigenvalue weighted by Crippen LogP contribution is 2.42. The van der Waals surface area contributed by atoms with Crippen LogP contribution in [0.15, 0.2) is 12.3 Å². The molecule has 2 aliphatic rings. The Morgan fingerprint density at radius 1 is 1.50 bits per heavy atom. The Morgan fingerprint density at radius 3 is 2.88 bits per heavy atom. The van der Waals surface area contributed by atoms with E-state index in [-0.39, 0.29) is 10.7 Å². The van der Waals surface area contributed by atoms with E-state index in [1.54, 1.807) is 17.7 Å². The zero-order chi connectivity index (χ0) is 18.8. The molecule has 2 aromatic heterocycles. The van der Waals surface area contributed by atoms with Gasteiger partial charge in [-0.2, -0.15) is 0 Å². The van der Waals surface area contributed by atoms with Gasteiger partial charge in [0.15, 0.2) is 11.0 Å². The van der Waals surface area contributed by atoms with Gasteiger partial charge in [0.25, 0.3) is 0 Å². The number of rotatable bonds is 2. The molecule has 0 aromatic carbocycles. The number of aliphatic hydroxyl groups excluding tert-OH is 2. The third kappa shape index (κ3) is 2.34. The van der Waals surface area contributed by atoms with Crippen LogP contribution in [0.4, 0.5) is 5.82 Å². The van der Waals surface area contributed by atoms with Crippen molar-refractivity contribution in [3.8, 4) is 0 Å². The average Bonchev–Trinajstić information content (AvgIpc) is 2.99. The number of aromatic nitrogens is 3. The first-order chi connectivity index (χ1) is 12.2. The third-order valence-corrected chi connectivity index (χ3v) is 5.10. The molecule has 4 atom stereocenters. The number of carbonyl (C=O) groups is 1. The molecule has 26 heavy (non-hydrogen) atoms. The number of H-pyrrole nitrogens is 1. The topological polar surface area (TPSA) is 133 Å². The van der Waals surface area contributed by atoms with Crippen molar-refractivity contribution in [1.29, 1.82) is 0 Å². The molecule has 10 heteroatoms. The lowest BCUT2D eigenvalue weighted by Crippen LogP contribution is -2.44. The van der Waals surface area contributed by atoms with Crippen molar-refractivity contribution in [1.82, 2.24) is 14.5 Å². The molecule has 0 radical (unpaired) electrons. The molecule has 2 unspecified atom stereocenters. The predicted octanol–water partition coefficient (Wildman–Crippen LogP) is 0.451. The molecule has 0 aliphatic carbocycles. The smallest absolute Gasteiger partial charge is 0.249 e. The summed E-state index contributed by atoms with van der Waals surface area (Å²) < 4.78 is 7.47. The normalized spacial score (nSPS) is 31.0. The van der Waals surface area contributed by atoms with Crippen LogP contribution < -0.4 is 5.32 Å². The molecule has 0 bridgehead atoms. The van der Waals surface area contributed by atoms with Gasteiger partial charge in [-0.15, -0.1) is 0 Å². The first-order valence-corrected chi connectivity index (χ1v) is 8.46. The third-order valence-electron chi connectivity index (χ3n) is 4.91. The Bertz CT molecular complexity index is 1010. The molecular formula is C16H18N4O5S. The Balaban J connectivity index is 1.99. The maximum absolute atomic E-state index is 12.0. The van der Waals surface area contributed by atoms with Gasteiger partial charge in [0.05, 0.1) is 12.0 Å². The van der Waals surface area contributed by atoms with Crippen LogP contribution in [0.1, 0.15) is 25.6 Å². The number of hydrogen-bond donors (Lipinski definition) is 5. The fraction of sp³-hybridized carbons (Fsp3) is 0.438. The van der Waals surface area contributed by atoms with Gasteiger partial charge in [-0.1, -0.05) is 0 Å². The minimum Gasteiger partial charge on any atom is -0.394 e. The summed E-state index contributed by atoms with van der Waals surface area (Å²) in [5, 5.41) is 33.8. The van der Waals surface area contributed by atoms with Crippen molar-refractivity contribution in [2.24, 2.45) is 0 Å². The van der Waals surface area contributed by atoms with Crippen molar-refractivity contribution in [3.05, 3.63) is 22.6 Å². The summed E-state index contributed by atoms with van der Waals surface area (Å²) in [4.78, 5) is 19.1. The molecule has 5 N–H and O–H groups in total. The second-order valence-corrected chi connectivity index (χ2v) is 7.15. The molecule has 4 rings (SSSR count). The van der Waals surface area contributed by atoms with Crippen molar-refractivity contribution in [2.45, 2.75) is 37.9 Å². The molecule has 0 saturated carbocycles. The highest BCUT2D eigenvalue weighted by atomic mass is 32.1. The van der Waals surface area contributed by atoms with Crippen molar-refractivity contribution >= 4 is 40.5 Å². The van der Waals surface area contributed by atoms with Gasteiger partial charge < -0.3 is 34.9 Å². The molecule has 2 aromatic rings. The first kappa shape index (κ1) is 17.3. The van der Waals surface area contributed by atoms with Gasteiger partial charge >= 0.3 is 0 Å². The number of carbonyl (C=O) groups excluding carboxylic acids is 1. The lowest BCUT2D eigenvalue weighted by atomic mass is 9.96. The zero-order valence-corrected chi connectivity index (χ0v) is 14.9. The van der Waals surface area contributed by atoms with E-state index in [0.717, 1.165) is 0 Å². The SMILES string of the molecule is CC1=CC(=O)Nc2nc(=S)[nH]c3c2c1cn3C1O[C@H](CO)[C@@H](O)C1(C)O. The van der Waals surface area contributed by atoms with E-state index in [2.05, 4.69) is 15.3 Å². The number of ether oxygens (including phenoxy) is 1. The van der Waals surface area contributed by atoms with Crippen LogP contribution in [0.2, 0.25) is 0 Å². The highest BCUT2D eigenvalue weighted by Gasteiger charge is 2.53. The van der Waals surface area contributed by atoms with Crippen molar-refractivity contribution in [2.75, 3.05) is 11.9 Å². The number of nitrogens with zero attached hydrogens (tertiary/aromatic N) is 2. The average molecular weight is 378 g/mol. The molecule has 2 aliphatic heterocycles. The quantitative estimate of drug-likeness (QED) is 0.479. The summed E-state index contributed by atoms with van der Waals surface area (Å²) in [7, 11) is 0. The first-order valence-electron chi connectivity index (χ1n) is 8.05. The number of allylic oxidation sites excluding steroid dienone is 1. The fourth-order valence-electron chi connectivity index (χ4n) is 3.57. The molecule has 138 valence electrons. The van der Waals surface area contributed by atoms with E-state index in [1.165, 1.54) is 13.0 Å². The monoisotopic (exact) mass is 378 g/mol. The van der Waals surface area contributed by atoms with Crippen LogP contribution >= 0.6 is 12.2 Å². The summed E-state index contributed by atoms with van der Waals surface area (Å²) in [6, 6.07) is 0. The van der Waals surface area contributed by atoms with E-state index < -0.39 is 30.6 Å². The number of nitrogens with one attached hydrogen (secondary N) is 2. The Kier molecular flexibility index (Phi) is 3.79. The number of aromatic amines is 1. The van der Waals surface area contributed by atoms with Gasteiger partial charge in [-0.25, -0.2) is 4.98 Å². The van der Waals surface area contributed by atoms with E-state index in [4.69, 9.17) is 17.0 Å². The van der Waals surface area contributed by atoms with Crippen LogP contribution in [0.3, 0.4) is 0 Å². The second-order valence-electron chi connectivity index (χ2n) is 6.76. The van der Waals surface area contributed by atoms with E-state index in [9.17, 15) is 20.1 Å². The molecule has 4 heterocycles. The van der Waals surface area contributed by atoms with Crippen LogP contribution in [0, 0.1) is 4.77 Å². The van der Waals surface area contributed by atoms with Crippen molar-refractivity contribution in [3.63, 3.8) is 0 Å². The fourth-order valence-corrected chi connectivity index (χ4v) is 3.76. The Morgan fingerprint density at radius 2 is 2.23 bits per heavy atom. The minimum absolute atomic E-state index is 0.148. The van der Waals surface area contributed by atoms with Gasteiger partial charge in [0.1, 0.15) is 29.3 Å². The number of aliphatic hydroxyl groups is 3. The van der Waals surface area contributed by atoms with Gasteiger partial charge in [-0.3, -0.25) is 4.79 Å². The summed E-state index contributed by atoms with van der Waals surface area (Å²) in [5.41, 5.74) is 0.254. The van der Waals surface area contributed by atoms with Gasteiger partial charge in [-0.05, 0) is 31.6 Å². The lowest BCUT2D eigenvalue weighted by Gasteiger charge is -2.27. The second kappa shape index (κ2) is 5.69. The van der Waals surface area contributed by atoms with Crippen LogP contribution in [-0.4, -0.2) is 60.2 Å². The Labute approximate surface area is 152 Å². The van der Waals surface area contributed by atoms with Crippen LogP contribution in [0.25, 0.3) is 16.6 Å². The lowest BCUT2D eigenvalue weighted by molar-refractivity contribution is -0.111. The summed E-state index contributed by atoms with van der Waals surface area (Å²) >= 11 is 5.16. The number of anilines is 1. The summed E-state index contributed by atoms with van der Waals surface area (Å²) in [6.45, 7) is 2.79. The minimum atomic E-state index is -1.65. The van der Waals surface area contributed by atoms with Crippen LogP contribution in [-0.2, 0) is 9.53 Å². The van der Waals surface area contributed by atoms with E-state index in [1.807, 2.05) is 0 Å². The van der Waals surface area contributed by atoms with E-state index >= 15 is 0 Å². The Hall–Kier alpha value is -2.11. The molecule has 1 fully saturated rings. The van der Waals surface area contributed by atoms with Crippen LogP contribution in [0.5, 0.6) is 0 Å². The predicted molar refractivity (Wildman–Crippen MR) is 94.8 cm³/mol. The number of hydrogen-bond acceptors (Lipinski definition) is 7. The zero-order valence-electron chi connectivity index (χ0n) is 14.1. The summed E-state index contributed by atoms with van der Waals surface area (Å²) in [5.74, 6) is 0.00651. The summed E-state index contributed by atoms with van der Waals surface area (Å²) in [6.07, 6.45) is -0.0205. The molecule has 1 saturated heterocycles. The van der Waals surface area contributed by atoms with Gasteiger partial charge in [0.2, 0.25) is 5.91 Å². The molecular weight excluding hydrogens is 360 g/mol. The van der Waals surface area contributed by atoms with Gasteiger partial charge in [0, 0.05) is 17.8 Å². The molecule has 1 amide bonds. The van der Waals surface area contributed by atoms with Crippen molar-refractivity contribution < 1.29 is 24.9 Å². The highest BCUT2D eigenvalue weighted by molar-refractivity contribution is 7.71. The number of amides is 1. The molecule has 9 nitrogen and oxygen atoms in total. The standard InChI is InChI=1S/C16H18N4O5S/c1-6-3-9(22)17-12-10-7(6)4-20(13(10)19-15(26)18-12)14-16(2,24)11(23)8(5-21)25-14/h3-4,8,11,14,21,23-24H,5H2,1-2H3,(H2,17,18,19,22,26)/t8-,11-,14?,16?/m1/s1.